The molecule has 0 radical (unpaired) electrons. The van der Waals surface area contributed by atoms with Crippen molar-refractivity contribution in [1.82, 2.24) is 0 Å². The van der Waals surface area contributed by atoms with Gasteiger partial charge in [0.25, 0.3) is 0 Å². The summed E-state index contributed by atoms with van der Waals surface area (Å²) >= 11 is 0. The number of allylic oxidation sites excluding steroid dienone is 2. The SMILES string of the molecule is CCCCCC[C@H]1CC[C@H](CCC2CC=C(CCc3ccc(OCCCCC)c(F)c3)CC2)CC1. The molecule has 0 spiro atoms. The van der Waals surface area contributed by atoms with Crippen molar-refractivity contribution in [2.45, 2.75) is 136 Å². The Morgan fingerprint density at radius 3 is 2.17 bits per heavy atom. The zero-order valence-electron chi connectivity index (χ0n) is 23.0. The van der Waals surface area contributed by atoms with Gasteiger partial charge in [0, 0.05) is 0 Å². The van der Waals surface area contributed by atoms with Crippen LogP contribution >= 0.6 is 0 Å². The van der Waals surface area contributed by atoms with Gasteiger partial charge in [-0.2, -0.15) is 0 Å². The number of rotatable bonds is 16. The van der Waals surface area contributed by atoms with Crippen LogP contribution in [-0.2, 0) is 6.42 Å². The van der Waals surface area contributed by atoms with Crippen molar-refractivity contribution in [2.75, 3.05) is 6.61 Å². The topological polar surface area (TPSA) is 9.23 Å². The number of benzene rings is 1. The summed E-state index contributed by atoms with van der Waals surface area (Å²) in [6.45, 7) is 5.08. The largest absolute Gasteiger partial charge is 0.491 e. The maximum Gasteiger partial charge on any atom is 0.165 e. The summed E-state index contributed by atoms with van der Waals surface area (Å²) in [5.41, 5.74) is 2.68. The van der Waals surface area contributed by atoms with Crippen LogP contribution in [0.15, 0.2) is 29.8 Å². The van der Waals surface area contributed by atoms with Crippen molar-refractivity contribution in [3.63, 3.8) is 0 Å². The third kappa shape index (κ3) is 10.7. The van der Waals surface area contributed by atoms with Gasteiger partial charge in [-0.15, -0.1) is 0 Å². The molecule has 1 aromatic carbocycles. The van der Waals surface area contributed by atoms with E-state index in [0.717, 1.165) is 55.4 Å². The molecule has 2 aliphatic carbocycles. The lowest BCUT2D eigenvalue weighted by atomic mass is 9.76. The molecule has 0 aromatic heterocycles. The third-order valence-electron chi connectivity index (χ3n) is 8.77. The van der Waals surface area contributed by atoms with Gasteiger partial charge in [-0.25, -0.2) is 4.39 Å². The Hall–Kier alpha value is -1.31. The Bertz CT molecular complexity index is 731. The predicted molar refractivity (Wildman–Crippen MR) is 149 cm³/mol. The zero-order chi connectivity index (χ0) is 24.7. The molecule has 1 unspecified atom stereocenters. The summed E-state index contributed by atoms with van der Waals surface area (Å²) < 4.78 is 20.0. The van der Waals surface area contributed by atoms with Gasteiger partial charge in [-0.3, -0.25) is 0 Å². The fourth-order valence-corrected chi connectivity index (χ4v) is 6.23. The van der Waals surface area contributed by atoms with E-state index in [2.05, 4.69) is 19.9 Å². The number of aryl methyl sites for hydroxylation is 1. The molecule has 1 saturated carbocycles. The summed E-state index contributed by atoms with van der Waals surface area (Å²) in [7, 11) is 0. The second-order valence-corrected chi connectivity index (χ2v) is 11.6. The van der Waals surface area contributed by atoms with Crippen LogP contribution in [0.1, 0.15) is 135 Å². The molecule has 1 nitrogen and oxygen atoms in total. The van der Waals surface area contributed by atoms with Gasteiger partial charge < -0.3 is 4.74 Å². The fourth-order valence-electron chi connectivity index (χ4n) is 6.23. The van der Waals surface area contributed by atoms with E-state index < -0.39 is 0 Å². The summed E-state index contributed by atoms with van der Waals surface area (Å²) in [6, 6.07) is 5.55. The summed E-state index contributed by atoms with van der Waals surface area (Å²) in [4.78, 5) is 0. The van der Waals surface area contributed by atoms with E-state index in [4.69, 9.17) is 4.74 Å². The molecule has 1 fully saturated rings. The number of halogens is 1. The first-order chi connectivity index (χ1) is 17.2. The van der Waals surface area contributed by atoms with Crippen LogP contribution in [0.25, 0.3) is 0 Å². The van der Waals surface area contributed by atoms with Gasteiger partial charge in [0.1, 0.15) is 0 Å². The van der Waals surface area contributed by atoms with Crippen molar-refractivity contribution in [1.29, 1.82) is 0 Å². The van der Waals surface area contributed by atoms with Crippen molar-refractivity contribution in [2.24, 2.45) is 17.8 Å². The summed E-state index contributed by atoms with van der Waals surface area (Å²) in [6.07, 6.45) is 27.7. The van der Waals surface area contributed by atoms with Crippen LogP contribution in [0.3, 0.4) is 0 Å². The minimum Gasteiger partial charge on any atom is -0.491 e. The Morgan fingerprint density at radius 1 is 0.771 bits per heavy atom. The highest BCUT2D eigenvalue weighted by Gasteiger charge is 2.22. The van der Waals surface area contributed by atoms with Crippen LogP contribution < -0.4 is 4.74 Å². The molecule has 1 atom stereocenters. The molecule has 2 heteroatoms. The smallest absolute Gasteiger partial charge is 0.165 e. The highest BCUT2D eigenvalue weighted by atomic mass is 19.1. The average Bonchev–Trinajstić information content (AvgIpc) is 2.89. The van der Waals surface area contributed by atoms with Gasteiger partial charge in [0.15, 0.2) is 11.6 Å². The lowest BCUT2D eigenvalue weighted by molar-refractivity contribution is 0.234. The van der Waals surface area contributed by atoms with E-state index in [9.17, 15) is 4.39 Å². The van der Waals surface area contributed by atoms with E-state index >= 15 is 0 Å². The molecule has 1 aromatic rings. The standard InChI is InChI=1S/C33H53FO/c1-3-5-7-8-10-27-11-13-28(14-12-27)15-16-29-17-19-30(20-18-29)21-22-31-23-24-33(32(34)26-31)35-25-9-6-4-2/h19,23-24,26-29H,3-18,20-22,25H2,1-2H3/t27-,28-,29?. The first-order valence-corrected chi connectivity index (χ1v) is 15.3. The van der Waals surface area contributed by atoms with Crippen LogP contribution in [-0.4, -0.2) is 6.61 Å². The molecule has 0 saturated heterocycles. The molecule has 0 N–H and O–H groups in total. The van der Waals surface area contributed by atoms with Gasteiger partial charge >= 0.3 is 0 Å². The molecular formula is C33H53FO. The van der Waals surface area contributed by atoms with E-state index in [0.29, 0.717) is 12.4 Å². The molecular weight excluding hydrogens is 431 g/mol. The molecule has 3 rings (SSSR count). The van der Waals surface area contributed by atoms with Gasteiger partial charge in [0.2, 0.25) is 0 Å². The minimum atomic E-state index is -0.206. The molecule has 198 valence electrons. The molecule has 0 bridgehead atoms. The maximum atomic E-state index is 14.4. The third-order valence-corrected chi connectivity index (χ3v) is 8.77. The highest BCUT2D eigenvalue weighted by Crippen LogP contribution is 2.37. The van der Waals surface area contributed by atoms with Crippen molar-refractivity contribution in [3.05, 3.63) is 41.2 Å². The van der Waals surface area contributed by atoms with Crippen LogP contribution in [0.5, 0.6) is 5.75 Å². The van der Waals surface area contributed by atoms with Gasteiger partial charge in [-0.1, -0.05) is 109 Å². The summed E-state index contributed by atoms with van der Waals surface area (Å²) in [5.74, 6) is 3.13. The Morgan fingerprint density at radius 2 is 1.49 bits per heavy atom. The van der Waals surface area contributed by atoms with E-state index in [-0.39, 0.29) is 5.82 Å². The van der Waals surface area contributed by atoms with Crippen LogP contribution in [0.2, 0.25) is 0 Å². The normalized spacial score (nSPS) is 22.7. The Kier molecular flexibility index (Phi) is 13.3. The van der Waals surface area contributed by atoms with Crippen molar-refractivity contribution in [3.8, 4) is 5.75 Å². The second kappa shape index (κ2) is 16.4. The highest BCUT2D eigenvalue weighted by molar-refractivity contribution is 5.30. The summed E-state index contributed by atoms with van der Waals surface area (Å²) in [5, 5.41) is 0. The predicted octanol–water partition coefficient (Wildman–Crippen LogP) is 10.6. The molecule has 0 amide bonds. The lowest BCUT2D eigenvalue weighted by Gasteiger charge is -2.30. The Labute approximate surface area is 216 Å². The van der Waals surface area contributed by atoms with Gasteiger partial charge in [-0.05, 0) is 80.4 Å². The fraction of sp³-hybridized carbons (Fsp3) is 0.758. The van der Waals surface area contributed by atoms with E-state index in [1.54, 1.807) is 11.6 Å². The van der Waals surface area contributed by atoms with Crippen LogP contribution in [0, 0.1) is 23.6 Å². The van der Waals surface area contributed by atoms with E-state index in [1.807, 2.05) is 12.1 Å². The molecule has 35 heavy (non-hydrogen) atoms. The average molecular weight is 485 g/mol. The van der Waals surface area contributed by atoms with Gasteiger partial charge in [0.05, 0.1) is 6.61 Å². The maximum absolute atomic E-state index is 14.4. The monoisotopic (exact) mass is 484 g/mol. The first kappa shape index (κ1) is 28.3. The van der Waals surface area contributed by atoms with Crippen molar-refractivity contribution >= 4 is 0 Å². The van der Waals surface area contributed by atoms with Crippen LogP contribution in [0.4, 0.5) is 4.39 Å². The molecule has 0 heterocycles. The number of ether oxygens (including phenoxy) is 1. The van der Waals surface area contributed by atoms with E-state index in [1.165, 1.54) is 89.9 Å². The second-order valence-electron chi connectivity index (χ2n) is 11.6. The number of hydrogen-bond donors (Lipinski definition) is 0. The number of hydrogen-bond acceptors (Lipinski definition) is 1. The Balaban J connectivity index is 1.28. The lowest BCUT2D eigenvalue weighted by Crippen LogP contribution is -2.16. The first-order valence-electron chi connectivity index (χ1n) is 15.3. The minimum absolute atomic E-state index is 0.206. The molecule has 0 aliphatic heterocycles. The zero-order valence-corrected chi connectivity index (χ0v) is 23.0. The quantitative estimate of drug-likeness (QED) is 0.167. The number of unbranched alkanes of at least 4 members (excludes halogenated alkanes) is 5. The van der Waals surface area contributed by atoms with Crippen molar-refractivity contribution < 1.29 is 9.13 Å². The molecule has 2 aliphatic rings.